The fourth-order valence-corrected chi connectivity index (χ4v) is 3.60. The molecule has 1 aromatic carbocycles. The van der Waals surface area contributed by atoms with Gasteiger partial charge in [-0.25, -0.2) is 0 Å². The number of likely N-dealkylation sites (N-methyl/N-ethyl adjacent to an activating group) is 1. The Morgan fingerprint density at radius 2 is 1.76 bits per heavy atom. The first-order valence-corrected chi connectivity index (χ1v) is 8.81. The summed E-state index contributed by atoms with van der Waals surface area (Å²) in [6.07, 6.45) is 6.90. The molecule has 0 spiro atoms. The highest BCUT2D eigenvalue weighted by Gasteiger charge is 2.25. The molecule has 25 heavy (non-hydrogen) atoms. The molecule has 0 radical (unpaired) electrons. The van der Waals surface area contributed by atoms with Crippen molar-refractivity contribution in [3.05, 3.63) is 35.9 Å². The van der Waals surface area contributed by atoms with E-state index >= 15 is 0 Å². The molecular formula is C19H33Cl2N3O. The molecule has 2 atom stereocenters. The largest absolute Gasteiger partial charge is 0.354 e. The molecule has 0 bridgehead atoms. The lowest BCUT2D eigenvalue weighted by Gasteiger charge is -2.35. The second kappa shape index (κ2) is 12.5. The second-order valence-corrected chi connectivity index (χ2v) is 6.95. The van der Waals surface area contributed by atoms with Crippen molar-refractivity contribution < 1.29 is 4.79 Å². The molecule has 1 aliphatic carbocycles. The number of rotatable bonds is 7. The molecule has 2 rings (SSSR count). The first kappa shape index (κ1) is 24.2. The minimum absolute atomic E-state index is 0. The number of halogens is 2. The van der Waals surface area contributed by atoms with Gasteiger partial charge in [-0.15, -0.1) is 24.8 Å². The number of benzene rings is 1. The van der Waals surface area contributed by atoms with Crippen LogP contribution in [0.2, 0.25) is 0 Å². The fourth-order valence-electron chi connectivity index (χ4n) is 3.60. The summed E-state index contributed by atoms with van der Waals surface area (Å²) in [5, 5.41) is 3.10. The van der Waals surface area contributed by atoms with Crippen LogP contribution < -0.4 is 11.1 Å². The normalized spacial score (nSPS) is 17.1. The molecule has 1 saturated carbocycles. The van der Waals surface area contributed by atoms with Gasteiger partial charge < -0.3 is 16.0 Å². The molecule has 0 heterocycles. The van der Waals surface area contributed by atoms with E-state index in [1.807, 2.05) is 30.3 Å². The lowest BCUT2D eigenvalue weighted by atomic mass is 9.83. The van der Waals surface area contributed by atoms with Gasteiger partial charge in [-0.05, 0) is 38.4 Å². The van der Waals surface area contributed by atoms with E-state index in [0.717, 1.165) is 12.1 Å². The maximum absolute atomic E-state index is 12.2. The number of hydrogen-bond acceptors (Lipinski definition) is 3. The van der Waals surface area contributed by atoms with Crippen molar-refractivity contribution in [3.63, 3.8) is 0 Å². The maximum Gasteiger partial charge on any atom is 0.221 e. The van der Waals surface area contributed by atoms with Crippen LogP contribution in [0.15, 0.2) is 30.3 Å². The third kappa shape index (κ3) is 7.95. The highest BCUT2D eigenvalue weighted by molar-refractivity contribution is 5.85. The van der Waals surface area contributed by atoms with Crippen LogP contribution in [-0.4, -0.2) is 37.5 Å². The summed E-state index contributed by atoms with van der Waals surface area (Å²) >= 11 is 0. The average Bonchev–Trinajstić information content (AvgIpc) is 2.56. The number of hydrogen-bond donors (Lipinski definition) is 2. The Balaban J connectivity index is 0.00000288. The van der Waals surface area contributed by atoms with E-state index in [1.54, 1.807) is 0 Å². The van der Waals surface area contributed by atoms with Crippen LogP contribution in [0, 0.1) is 5.92 Å². The van der Waals surface area contributed by atoms with Gasteiger partial charge in [-0.1, -0.05) is 49.6 Å². The van der Waals surface area contributed by atoms with E-state index in [2.05, 4.69) is 24.3 Å². The summed E-state index contributed by atoms with van der Waals surface area (Å²) < 4.78 is 0. The predicted molar refractivity (Wildman–Crippen MR) is 110 cm³/mol. The first-order valence-electron chi connectivity index (χ1n) is 8.81. The van der Waals surface area contributed by atoms with E-state index in [4.69, 9.17) is 5.73 Å². The van der Waals surface area contributed by atoms with Gasteiger partial charge in [0.2, 0.25) is 5.91 Å². The number of carbonyl (C=O) groups excluding carboxylic acids is 1. The molecule has 1 aromatic rings. The SMILES string of the molecule is CN(C)C(CNC(=O)CC(N)c1ccccc1)C1CCCCC1.Cl.Cl. The molecule has 6 heteroatoms. The Labute approximate surface area is 164 Å². The molecule has 144 valence electrons. The van der Waals surface area contributed by atoms with Crippen LogP contribution in [-0.2, 0) is 4.79 Å². The number of amides is 1. The van der Waals surface area contributed by atoms with Gasteiger partial charge in [0.25, 0.3) is 0 Å². The topological polar surface area (TPSA) is 58.4 Å². The van der Waals surface area contributed by atoms with Crippen LogP contribution in [0.5, 0.6) is 0 Å². The zero-order valence-electron chi connectivity index (χ0n) is 15.3. The maximum atomic E-state index is 12.2. The van der Waals surface area contributed by atoms with Crippen molar-refractivity contribution in [2.45, 2.75) is 50.6 Å². The molecule has 0 aromatic heterocycles. The van der Waals surface area contributed by atoms with E-state index in [-0.39, 0.29) is 36.8 Å². The van der Waals surface area contributed by atoms with Gasteiger partial charge in [0, 0.05) is 25.0 Å². The number of carbonyl (C=O) groups is 1. The molecule has 0 saturated heterocycles. The summed E-state index contributed by atoms with van der Waals surface area (Å²) in [6, 6.07) is 10.0. The van der Waals surface area contributed by atoms with Crippen molar-refractivity contribution >= 4 is 30.7 Å². The quantitative estimate of drug-likeness (QED) is 0.749. The monoisotopic (exact) mass is 389 g/mol. The zero-order valence-corrected chi connectivity index (χ0v) is 17.0. The van der Waals surface area contributed by atoms with Crippen molar-refractivity contribution in [1.82, 2.24) is 10.2 Å². The Hall–Kier alpha value is -0.810. The van der Waals surface area contributed by atoms with Gasteiger partial charge in [-0.2, -0.15) is 0 Å². The molecule has 1 aliphatic rings. The van der Waals surface area contributed by atoms with Gasteiger partial charge in [0.15, 0.2) is 0 Å². The van der Waals surface area contributed by atoms with Crippen LogP contribution >= 0.6 is 24.8 Å². The van der Waals surface area contributed by atoms with E-state index in [0.29, 0.717) is 18.4 Å². The van der Waals surface area contributed by atoms with Gasteiger partial charge in [-0.3, -0.25) is 4.79 Å². The first-order chi connectivity index (χ1) is 11.1. The van der Waals surface area contributed by atoms with Gasteiger partial charge >= 0.3 is 0 Å². The van der Waals surface area contributed by atoms with Crippen molar-refractivity contribution in [3.8, 4) is 0 Å². The lowest BCUT2D eigenvalue weighted by Crippen LogP contribution is -2.45. The minimum atomic E-state index is -0.233. The van der Waals surface area contributed by atoms with Crippen LogP contribution in [0.4, 0.5) is 0 Å². The smallest absolute Gasteiger partial charge is 0.221 e. The average molecular weight is 390 g/mol. The third-order valence-corrected chi connectivity index (χ3v) is 5.00. The van der Waals surface area contributed by atoms with E-state index in [9.17, 15) is 4.79 Å². The number of nitrogens with two attached hydrogens (primary N) is 1. The Bertz CT molecular complexity index is 479. The van der Waals surface area contributed by atoms with Crippen molar-refractivity contribution in [1.29, 1.82) is 0 Å². The minimum Gasteiger partial charge on any atom is -0.354 e. The Kier molecular flexibility index (Phi) is 12.1. The molecule has 0 aliphatic heterocycles. The fraction of sp³-hybridized carbons (Fsp3) is 0.632. The third-order valence-electron chi connectivity index (χ3n) is 5.00. The van der Waals surface area contributed by atoms with Gasteiger partial charge in [0.05, 0.1) is 0 Å². The molecule has 1 amide bonds. The van der Waals surface area contributed by atoms with Crippen LogP contribution in [0.25, 0.3) is 0 Å². The molecular weight excluding hydrogens is 357 g/mol. The number of nitrogens with zero attached hydrogens (tertiary/aromatic N) is 1. The highest BCUT2D eigenvalue weighted by atomic mass is 35.5. The zero-order chi connectivity index (χ0) is 16.7. The molecule has 2 unspecified atom stereocenters. The lowest BCUT2D eigenvalue weighted by molar-refractivity contribution is -0.121. The van der Waals surface area contributed by atoms with Crippen LogP contribution in [0.3, 0.4) is 0 Å². The summed E-state index contributed by atoms with van der Waals surface area (Å²) in [5.74, 6) is 0.742. The molecule has 1 fully saturated rings. The predicted octanol–water partition coefficient (Wildman–Crippen LogP) is 3.55. The van der Waals surface area contributed by atoms with Gasteiger partial charge in [0.1, 0.15) is 0 Å². The Morgan fingerprint density at radius 3 is 2.32 bits per heavy atom. The molecule has 3 N–H and O–H groups in total. The van der Waals surface area contributed by atoms with E-state index < -0.39 is 0 Å². The second-order valence-electron chi connectivity index (χ2n) is 6.95. The van der Waals surface area contributed by atoms with Crippen molar-refractivity contribution in [2.75, 3.05) is 20.6 Å². The molecule has 4 nitrogen and oxygen atoms in total. The standard InChI is InChI=1S/C19H31N3O.2ClH/c1-22(2)18(16-11-7-4-8-12-16)14-21-19(23)13-17(20)15-9-5-3-6-10-15;;/h3,5-6,9-10,16-18H,4,7-8,11-14,20H2,1-2H3,(H,21,23);2*1H. The summed E-state index contributed by atoms with van der Waals surface area (Å²) in [6.45, 7) is 0.720. The van der Waals surface area contributed by atoms with Crippen molar-refractivity contribution in [2.24, 2.45) is 11.7 Å². The number of nitrogens with one attached hydrogen (secondary N) is 1. The van der Waals surface area contributed by atoms with Crippen LogP contribution in [0.1, 0.15) is 50.1 Å². The summed E-state index contributed by atoms with van der Waals surface area (Å²) in [7, 11) is 4.22. The highest BCUT2D eigenvalue weighted by Crippen LogP contribution is 2.28. The van der Waals surface area contributed by atoms with E-state index in [1.165, 1.54) is 32.1 Å². The summed E-state index contributed by atoms with van der Waals surface area (Å²) in [5.41, 5.74) is 7.15. The summed E-state index contributed by atoms with van der Waals surface area (Å²) in [4.78, 5) is 14.5. The Morgan fingerprint density at radius 1 is 1.16 bits per heavy atom.